The molecule has 2 aromatic rings. The number of nitrogens with two attached hydrogens (primary N) is 1. The number of benzene rings is 1. The molecule has 0 aliphatic heterocycles. The predicted octanol–water partition coefficient (Wildman–Crippen LogP) is 3.66. The van der Waals surface area contributed by atoms with Gasteiger partial charge in [0, 0.05) is 5.69 Å². The van der Waals surface area contributed by atoms with Crippen LogP contribution >= 0.6 is 0 Å². The lowest BCUT2D eigenvalue weighted by molar-refractivity contribution is -0.384. The van der Waals surface area contributed by atoms with Crippen molar-refractivity contribution in [2.45, 2.75) is 26.2 Å². The summed E-state index contributed by atoms with van der Waals surface area (Å²) < 4.78 is 0. The van der Waals surface area contributed by atoms with E-state index in [1.54, 1.807) is 0 Å². The van der Waals surface area contributed by atoms with Crippen LogP contribution in [-0.4, -0.2) is 9.91 Å². The first kappa shape index (κ1) is 14.8. The number of aryl methyl sites for hydroxylation is 1. The van der Waals surface area contributed by atoms with Gasteiger partial charge in [-0.2, -0.15) is 0 Å². The van der Waals surface area contributed by atoms with Gasteiger partial charge in [-0.15, -0.1) is 0 Å². The van der Waals surface area contributed by atoms with Crippen molar-refractivity contribution in [3.63, 3.8) is 0 Å². The maximum atomic E-state index is 10.8. The molecule has 0 atom stereocenters. The Kier molecular flexibility index (Phi) is 4.71. The van der Waals surface area contributed by atoms with Gasteiger partial charge in [-0.05, 0) is 30.5 Å². The quantitative estimate of drug-likeness (QED) is 0.624. The van der Waals surface area contributed by atoms with Crippen molar-refractivity contribution in [3.8, 4) is 0 Å². The lowest BCUT2D eigenvalue weighted by atomic mass is 10.1. The molecular formula is C15H18N4O2. The highest BCUT2D eigenvalue weighted by molar-refractivity contribution is 5.61. The van der Waals surface area contributed by atoms with Gasteiger partial charge < -0.3 is 11.1 Å². The first-order valence-corrected chi connectivity index (χ1v) is 6.86. The van der Waals surface area contributed by atoms with Crippen molar-refractivity contribution < 1.29 is 4.92 Å². The molecule has 21 heavy (non-hydrogen) atoms. The summed E-state index contributed by atoms with van der Waals surface area (Å²) >= 11 is 0. The maximum absolute atomic E-state index is 10.8. The summed E-state index contributed by atoms with van der Waals surface area (Å²) in [6.45, 7) is 2.16. The van der Waals surface area contributed by atoms with Gasteiger partial charge in [-0.25, -0.2) is 4.98 Å². The van der Waals surface area contributed by atoms with Gasteiger partial charge in [0.05, 0.1) is 17.1 Å². The first-order chi connectivity index (χ1) is 10.1. The predicted molar refractivity (Wildman–Crippen MR) is 83.6 cm³/mol. The third-order valence-corrected chi connectivity index (χ3v) is 3.09. The zero-order valence-electron chi connectivity index (χ0n) is 11.9. The van der Waals surface area contributed by atoms with Crippen molar-refractivity contribution in [1.29, 1.82) is 0 Å². The fourth-order valence-corrected chi connectivity index (χ4v) is 1.99. The van der Waals surface area contributed by atoms with E-state index < -0.39 is 4.92 Å². The van der Waals surface area contributed by atoms with Crippen molar-refractivity contribution >= 4 is 23.0 Å². The minimum Gasteiger partial charge on any atom is -0.383 e. The molecule has 3 N–H and O–H groups in total. The van der Waals surface area contributed by atoms with Crippen molar-refractivity contribution in [1.82, 2.24) is 4.98 Å². The summed E-state index contributed by atoms with van der Waals surface area (Å²) in [5, 5.41) is 13.8. The Morgan fingerprint density at radius 1 is 1.29 bits per heavy atom. The fourth-order valence-electron chi connectivity index (χ4n) is 1.99. The molecule has 2 rings (SSSR count). The molecule has 0 fully saturated rings. The van der Waals surface area contributed by atoms with E-state index in [-0.39, 0.29) is 11.5 Å². The summed E-state index contributed by atoms with van der Waals surface area (Å²) in [5.74, 6) is 0.481. The van der Waals surface area contributed by atoms with Crippen LogP contribution < -0.4 is 11.1 Å². The topological polar surface area (TPSA) is 94.1 Å². The highest BCUT2D eigenvalue weighted by Crippen LogP contribution is 2.22. The average Bonchev–Trinajstić information content (AvgIpc) is 2.46. The van der Waals surface area contributed by atoms with Crippen LogP contribution in [0.25, 0.3) is 0 Å². The van der Waals surface area contributed by atoms with Crippen LogP contribution in [0.4, 0.5) is 23.0 Å². The number of unbranched alkanes of at least 4 members (excludes halogenated alkanes) is 1. The molecule has 1 aromatic carbocycles. The number of anilines is 3. The highest BCUT2D eigenvalue weighted by Gasteiger charge is 2.09. The Bertz CT molecular complexity index is 626. The molecule has 1 heterocycles. The van der Waals surface area contributed by atoms with Crippen LogP contribution in [-0.2, 0) is 6.42 Å². The van der Waals surface area contributed by atoms with Crippen LogP contribution in [0.15, 0.2) is 36.4 Å². The van der Waals surface area contributed by atoms with Gasteiger partial charge in [0.1, 0.15) is 11.6 Å². The van der Waals surface area contributed by atoms with Crippen molar-refractivity contribution in [2.24, 2.45) is 0 Å². The number of aromatic nitrogens is 1. The Balaban J connectivity index is 2.12. The minimum atomic E-state index is -0.489. The zero-order valence-corrected chi connectivity index (χ0v) is 11.9. The summed E-state index contributed by atoms with van der Waals surface area (Å²) in [6, 6.07) is 10.5. The number of nitrogen functional groups attached to an aromatic ring is 1. The van der Waals surface area contributed by atoms with Crippen molar-refractivity contribution in [2.75, 3.05) is 11.1 Å². The highest BCUT2D eigenvalue weighted by atomic mass is 16.6. The van der Waals surface area contributed by atoms with E-state index in [0.29, 0.717) is 5.82 Å². The molecule has 0 saturated carbocycles. The molecule has 1 aromatic heterocycles. The average molecular weight is 286 g/mol. The number of rotatable bonds is 6. The Morgan fingerprint density at radius 2 is 2.00 bits per heavy atom. The first-order valence-electron chi connectivity index (χ1n) is 6.86. The summed E-state index contributed by atoms with van der Waals surface area (Å²) in [4.78, 5) is 14.4. The van der Waals surface area contributed by atoms with Gasteiger partial charge >= 0.3 is 0 Å². The number of hydrogen-bond donors (Lipinski definition) is 2. The zero-order chi connectivity index (χ0) is 15.2. The third-order valence-electron chi connectivity index (χ3n) is 3.09. The van der Waals surface area contributed by atoms with Crippen LogP contribution in [0, 0.1) is 10.1 Å². The number of nitrogens with zero attached hydrogens (tertiary/aromatic N) is 2. The number of nitro groups is 1. The van der Waals surface area contributed by atoms with Crippen molar-refractivity contribution in [3.05, 3.63) is 52.1 Å². The smallest absolute Gasteiger partial charge is 0.276 e. The Labute approximate surface area is 123 Å². The van der Waals surface area contributed by atoms with Crippen LogP contribution in [0.1, 0.15) is 25.3 Å². The maximum Gasteiger partial charge on any atom is 0.276 e. The second-order valence-corrected chi connectivity index (χ2v) is 4.82. The lowest BCUT2D eigenvalue weighted by Crippen LogP contribution is -2.00. The molecule has 6 heteroatoms. The fraction of sp³-hybridized carbons (Fsp3) is 0.267. The van der Waals surface area contributed by atoms with Gasteiger partial charge in [0.25, 0.3) is 5.69 Å². The van der Waals surface area contributed by atoms with E-state index in [4.69, 9.17) is 5.73 Å². The summed E-state index contributed by atoms with van der Waals surface area (Å²) in [6.07, 6.45) is 3.38. The van der Waals surface area contributed by atoms with Gasteiger partial charge in [-0.3, -0.25) is 10.1 Å². The molecule has 110 valence electrons. The van der Waals surface area contributed by atoms with E-state index >= 15 is 0 Å². The second-order valence-electron chi connectivity index (χ2n) is 4.82. The van der Waals surface area contributed by atoms with E-state index in [2.05, 4.69) is 17.2 Å². The molecule has 0 aliphatic carbocycles. The molecular weight excluding hydrogens is 268 g/mol. The summed E-state index contributed by atoms with van der Waals surface area (Å²) in [7, 11) is 0. The number of hydrogen-bond acceptors (Lipinski definition) is 5. The molecule has 0 radical (unpaired) electrons. The van der Waals surface area contributed by atoms with Crippen LogP contribution in [0.5, 0.6) is 0 Å². The Morgan fingerprint density at radius 3 is 2.62 bits per heavy atom. The van der Waals surface area contributed by atoms with E-state index in [1.807, 2.05) is 24.3 Å². The van der Waals surface area contributed by atoms with E-state index in [0.717, 1.165) is 24.9 Å². The summed E-state index contributed by atoms with van der Waals surface area (Å²) in [5.41, 5.74) is 7.59. The number of pyridine rings is 1. The molecule has 0 amide bonds. The number of nitrogens with one attached hydrogen (secondary N) is 1. The van der Waals surface area contributed by atoms with Crippen LogP contribution in [0.3, 0.4) is 0 Å². The van der Waals surface area contributed by atoms with E-state index in [1.165, 1.54) is 17.7 Å². The van der Waals surface area contributed by atoms with Gasteiger partial charge in [0.2, 0.25) is 0 Å². The molecule has 0 saturated heterocycles. The lowest BCUT2D eigenvalue weighted by Gasteiger charge is -2.07. The molecule has 0 spiro atoms. The largest absolute Gasteiger partial charge is 0.383 e. The van der Waals surface area contributed by atoms with E-state index in [9.17, 15) is 10.1 Å². The monoisotopic (exact) mass is 286 g/mol. The van der Waals surface area contributed by atoms with Gasteiger partial charge in [0.15, 0.2) is 0 Å². The minimum absolute atomic E-state index is 0.0791. The molecule has 0 unspecified atom stereocenters. The van der Waals surface area contributed by atoms with Gasteiger partial charge in [-0.1, -0.05) is 25.5 Å². The standard InChI is InChI=1S/C15H18N4O2/c1-2-3-4-11-5-7-12(8-6-11)17-15-10-13(19(20)21)9-14(16)18-15/h5-10H,2-4H2,1H3,(H3,16,17,18). The van der Waals surface area contributed by atoms with Crippen LogP contribution in [0.2, 0.25) is 0 Å². The Hall–Kier alpha value is -2.63. The third kappa shape index (κ3) is 4.17. The second kappa shape index (κ2) is 6.69. The normalized spacial score (nSPS) is 10.3. The molecule has 0 bridgehead atoms. The molecule has 0 aliphatic rings. The SMILES string of the molecule is CCCCc1ccc(Nc2cc([N+](=O)[O-])cc(N)n2)cc1. The molecule has 6 nitrogen and oxygen atoms in total.